The first-order valence-electron chi connectivity index (χ1n) is 7.38. The maximum Gasteiger partial charge on any atom is 0.146 e. The van der Waals surface area contributed by atoms with Crippen molar-refractivity contribution in [3.63, 3.8) is 0 Å². The Bertz CT molecular complexity index is 385. The molecule has 4 heteroatoms. The molecule has 20 heavy (non-hydrogen) atoms. The molecule has 0 aliphatic rings. The van der Waals surface area contributed by atoms with E-state index in [4.69, 9.17) is 4.74 Å². The van der Waals surface area contributed by atoms with Gasteiger partial charge in [-0.1, -0.05) is 19.4 Å². The summed E-state index contributed by atoms with van der Waals surface area (Å²) in [5.74, 6) is -0.147. The summed E-state index contributed by atoms with van der Waals surface area (Å²) in [6, 6.07) is 5.34. The summed E-state index contributed by atoms with van der Waals surface area (Å²) < 4.78 is 18.9. The van der Waals surface area contributed by atoms with Gasteiger partial charge in [0.25, 0.3) is 0 Å². The van der Waals surface area contributed by atoms with Gasteiger partial charge in [0, 0.05) is 33.9 Å². The highest BCUT2D eigenvalue weighted by molar-refractivity contribution is 5.49. The Kier molecular flexibility index (Phi) is 8.23. The van der Waals surface area contributed by atoms with Gasteiger partial charge >= 0.3 is 0 Å². The Morgan fingerprint density at radius 3 is 2.80 bits per heavy atom. The van der Waals surface area contributed by atoms with E-state index in [-0.39, 0.29) is 5.82 Å². The SMILES string of the molecule is CCCCN(C)c1cc(CNCCCOC)ccc1F. The molecule has 0 aliphatic carbocycles. The molecule has 0 unspecified atom stereocenters. The molecule has 1 aromatic carbocycles. The van der Waals surface area contributed by atoms with Crippen LogP contribution in [0.1, 0.15) is 31.7 Å². The van der Waals surface area contributed by atoms with Crippen LogP contribution in [0, 0.1) is 5.82 Å². The van der Waals surface area contributed by atoms with Gasteiger partial charge < -0.3 is 15.0 Å². The van der Waals surface area contributed by atoms with Crippen LogP contribution in [0.4, 0.5) is 10.1 Å². The van der Waals surface area contributed by atoms with Gasteiger partial charge in [-0.05, 0) is 37.1 Å². The molecule has 0 atom stereocenters. The van der Waals surface area contributed by atoms with E-state index in [1.165, 1.54) is 0 Å². The number of benzene rings is 1. The van der Waals surface area contributed by atoms with Crippen molar-refractivity contribution in [2.45, 2.75) is 32.7 Å². The summed E-state index contributed by atoms with van der Waals surface area (Å²) in [6.45, 7) is 5.47. The Balaban J connectivity index is 2.52. The molecule has 0 saturated carbocycles. The molecule has 0 heterocycles. The molecule has 1 aromatic rings. The lowest BCUT2D eigenvalue weighted by atomic mass is 10.1. The van der Waals surface area contributed by atoms with Crippen molar-refractivity contribution < 1.29 is 9.13 Å². The summed E-state index contributed by atoms with van der Waals surface area (Å²) in [5.41, 5.74) is 1.80. The number of ether oxygens (including phenoxy) is 1. The summed E-state index contributed by atoms with van der Waals surface area (Å²) in [6.07, 6.45) is 3.18. The second-order valence-electron chi connectivity index (χ2n) is 5.08. The number of halogens is 1. The molecule has 0 bridgehead atoms. The lowest BCUT2D eigenvalue weighted by molar-refractivity contribution is 0.194. The third kappa shape index (κ3) is 5.88. The lowest BCUT2D eigenvalue weighted by Gasteiger charge is -2.20. The zero-order valence-electron chi connectivity index (χ0n) is 12.9. The highest BCUT2D eigenvalue weighted by atomic mass is 19.1. The van der Waals surface area contributed by atoms with E-state index in [2.05, 4.69) is 12.2 Å². The first kappa shape index (κ1) is 16.9. The Morgan fingerprint density at radius 1 is 1.30 bits per heavy atom. The summed E-state index contributed by atoms with van der Waals surface area (Å²) in [4.78, 5) is 1.99. The summed E-state index contributed by atoms with van der Waals surface area (Å²) in [7, 11) is 3.66. The molecule has 0 amide bonds. The molecule has 114 valence electrons. The number of nitrogens with zero attached hydrogens (tertiary/aromatic N) is 1. The smallest absolute Gasteiger partial charge is 0.146 e. The number of anilines is 1. The quantitative estimate of drug-likeness (QED) is 0.667. The zero-order valence-corrected chi connectivity index (χ0v) is 12.9. The largest absolute Gasteiger partial charge is 0.385 e. The van der Waals surface area contributed by atoms with Gasteiger partial charge in [-0.2, -0.15) is 0 Å². The van der Waals surface area contributed by atoms with Crippen molar-refractivity contribution in [3.8, 4) is 0 Å². The lowest BCUT2D eigenvalue weighted by Crippen LogP contribution is -2.21. The average Bonchev–Trinajstić information content (AvgIpc) is 2.46. The van der Waals surface area contributed by atoms with Crippen LogP contribution in [0.25, 0.3) is 0 Å². The van der Waals surface area contributed by atoms with E-state index in [1.54, 1.807) is 13.2 Å². The molecular formula is C16H27FN2O. The zero-order chi connectivity index (χ0) is 14.8. The van der Waals surface area contributed by atoms with Gasteiger partial charge in [-0.25, -0.2) is 4.39 Å². The van der Waals surface area contributed by atoms with Crippen LogP contribution >= 0.6 is 0 Å². The van der Waals surface area contributed by atoms with Crippen LogP contribution < -0.4 is 10.2 Å². The predicted molar refractivity (Wildman–Crippen MR) is 82.8 cm³/mol. The minimum atomic E-state index is -0.147. The third-order valence-electron chi connectivity index (χ3n) is 3.30. The van der Waals surface area contributed by atoms with Gasteiger partial charge in [0.2, 0.25) is 0 Å². The molecule has 0 aliphatic heterocycles. The van der Waals surface area contributed by atoms with E-state index >= 15 is 0 Å². The van der Waals surface area contributed by atoms with E-state index in [0.29, 0.717) is 5.69 Å². The van der Waals surface area contributed by atoms with Gasteiger partial charge in [0.1, 0.15) is 5.82 Å². The third-order valence-corrected chi connectivity index (χ3v) is 3.30. The van der Waals surface area contributed by atoms with E-state index in [0.717, 1.165) is 51.1 Å². The maximum atomic E-state index is 13.9. The first-order chi connectivity index (χ1) is 9.69. The van der Waals surface area contributed by atoms with E-state index in [1.807, 2.05) is 24.1 Å². The Hall–Kier alpha value is -1.13. The molecule has 1 N–H and O–H groups in total. The van der Waals surface area contributed by atoms with E-state index < -0.39 is 0 Å². The summed E-state index contributed by atoms with van der Waals surface area (Å²) in [5, 5.41) is 3.34. The number of methoxy groups -OCH3 is 1. The molecule has 0 fully saturated rings. The molecule has 0 spiro atoms. The predicted octanol–water partition coefficient (Wildman–Crippen LogP) is 3.19. The van der Waals surface area contributed by atoms with Crippen molar-refractivity contribution in [2.75, 3.05) is 38.8 Å². The number of unbranched alkanes of at least 4 members (excludes halogenated alkanes) is 1. The molecule has 3 nitrogen and oxygen atoms in total. The topological polar surface area (TPSA) is 24.5 Å². The fourth-order valence-electron chi connectivity index (χ4n) is 2.05. The fraction of sp³-hybridized carbons (Fsp3) is 0.625. The van der Waals surface area contributed by atoms with Crippen molar-refractivity contribution in [1.29, 1.82) is 0 Å². The Labute approximate surface area is 122 Å². The fourth-order valence-corrected chi connectivity index (χ4v) is 2.05. The van der Waals surface area contributed by atoms with Crippen molar-refractivity contribution in [1.82, 2.24) is 5.32 Å². The maximum absolute atomic E-state index is 13.9. The normalized spacial score (nSPS) is 10.8. The number of rotatable bonds is 10. The van der Waals surface area contributed by atoms with Crippen molar-refractivity contribution in [2.24, 2.45) is 0 Å². The second-order valence-corrected chi connectivity index (χ2v) is 5.08. The van der Waals surface area contributed by atoms with Gasteiger partial charge in [0.05, 0.1) is 5.69 Å². The van der Waals surface area contributed by atoms with E-state index in [9.17, 15) is 4.39 Å². The molecule has 0 saturated heterocycles. The monoisotopic (exact) mass is 282 g/mol. The van der Waals surface area contributed by atoms with Crippen LogP contribution in [0.3, 0.4) is 0 Å². The summed E-state index contributed by atoms with van der Waals surface area (Å²) >= 11 is 0. The van der Waals surface area contributed by atoms with Gasteiger partial charge in [-0.15, -0.1) is 0 Å². The number of hydrogen-bond acceptors (Lipinski definition) is 3. The van der Waals surface area contributed by atoms with Crippen molar-refractivity contribution in [3.05, 3.63) is 29.6 Å². The van der Waals surface area contributed by atoms with Crippen LogP contribution in [-0.2, 0) is 11.3 Å². The first-order valence-corrected chi connectivity index (χ1v) is 7.38. The van der Waals surface area contributed by atoms with Crippen LogP contribution in [0.15, 0.2) is 18.2 Å². The van der Waals surface area contributed by atoms with Gasteiger partial charge in [-0.3, -0.25) is 0 Å². The van der Waals surface area contributed by atoms with Crippen molar-refractivity contribution >= 4 is 5.69 Å². The highest BCUT2D eigenvalue weighted by Gasteiger charge is 2.08. The van der Waals surface area contributed by atoms with Crippen LogP contribution in [0.5, 0.6) is 0 Å². The van der Waals surface area contributed by atoms with Crippen LogP contribution in [0.2, 0.25) is 0 Å². The highest BCUT2D eigenvalue weighted by Crippen LogP contribution is 2.20. The molecule has 0 aromatic heterocycles. The Morgan fingerprint density at radius 2 is 2.10 bits per heavy atom. The molecular weight excluding hydrogens is 255 g/mol. The number of nitrogens with one attached hydrogen (secondary N) is 1. The minimum Gasteiger partial charge on any atom is -0.385 e. The minimum absolute atomic E-state index is 0.147. The molecule has 1 rings (SSSR count). The second kappa shape index (κ2) is 9.72. The van der Waals surface area contributed by atoms with Crippen LogP contribution in [-0.4, -0.2) is 33.9 Å². The molecule has 0 radical (unpaired) electrons. The number of hydrogen-bond donors (Lipinski definition) is 1. The average molecular weight is 282 g/mol. The standard InChI is InChI=1S/C16H27FN2O/c1-4-5-10-19(2)16-12-14(7-8-15(16)17)13-18-9-6-11-20-3/h7-8,12,18H,4-6,9-11,13H2,1-3H3. The van der Waals surface area contributed by atoms with Gasteiger partial charge in [0.15, 0.2) is 0 Å².